The number of hydrogen-bond donors (Lipinski definition) is 0. The first-order chi connectivity index (χ1) is 12.0. The van der Waals surface area contributed by atoms with E-state index in [2.05, 4.69) is 0 Å². The molecule has 2 aromatic carbocycles. The van der Waals surface area contributed by atoms with Gasteiger partial charge in [-0.2, -0.15) is 4.31 Å². The van der Waals surface area contributed by atoms with Crippen LogP contribution in [0, 0.1) is 5.82 Å². The van der Waals surface area contributed by atoms with E-state index in [1.165, 1.54) is 28.2 Å². The van der Waals surface area contributed by atoms with E-state index in [1.807, 2.05) is 0 Å². The van der Waals surface area contributed by atoms with Gasteiger partial charge in [0.15, 0.2) is 0 Å². The third-order valence-corrected chi connectivity index (χ3v) is 7.23. The third-order valence-electron chi connectivity index (χ3n) is 3.97. The molecule has 0 unspecified atom stereocenters. The predicted octanol–water partition coefficient (Wildman–Crippen LogP) is 3.28. The van der Waals surface area contributed by atoms with Crippen molar-refractivity contribution in [2.45, 2.75) is 10.3 Å². The van der Waals surface area contributed by atoms with Gasteiger partial charge < -0.3 is 9.47 Å². The highest BCUT2D eigenvalue weighted by molar-refractivity contribution is 8.01. The van der Waals surface area contributed by atoms with Crippen molar-refractivity contribution in [2.75, 3.05) is 26.5 Å². The molecule has 1 atom stereocenters. The average molecular weight is 383 g/mol. The lowest BCUT2D eigenvalue weighted by Gasteiger charge is -2.25. The number of benzene rings is 2. The van der Waals surface area contributed by atoms with Crippen LogP contribution in [0.5, 0.6) is 11.5 Å². The van der Waals surface area contributed by atoms with Crippen LogP contribution in [0.3, 0.4) is 0 Å². The first kappa shape index (κ1) is 18.0. The van der Waals surface area contributed by atoms with Gasteiger partial charge in [-0.3, -0.25) is 0 Å². The first-order valence-electron chi connectivity index (χ1n) is 7.58. The van der Waals surface area contributed by atoms with Crippen molar-refractivity contribution < 1.29 is 22.3 Å². The molecule has 0 amide bonds. The van der Waals surface area contributed by atoms with Crippen molar-refractivity contribution in [3.8, 4) is 11.5 Å². The molecule has 3 rings (SSSR count). The van der Waals surface area contributed by atoms with Gasteiger partial charge in [-0.1, -0.05) is 0 Å². The quantitative estimate of drug-likeness (QED) is 0.793. The number of methoxy groups -OCH3 is 2. The van der Waals surface area contributed by atoms with Crippen LogP contribution >= 0.6 is 11.8 Å². The van der Waals surface area contributed by atoms with Crippen molar-refractivity contribution in [3.05, 3.63) is 53.8 Å². The molecular formula is C17H18FNO4S2. The summed E-state index contributed by atoms with van der Waals surface area (Å²) in [6.45, 7) is 0.370. The molecule has 1 saturated heterocycles. The molecule has 1 aliphatic heterocycles. The number of thioether (sulfide) groups is 1. The van der Waals surface area contributed by atoms with Crippen LogP contribution in [0.2, 0.25) is 0 Å². The van der Waals surface area contributed by atoms with E-state index in [9.17, 15) is 12.8 Å². The van der Waals surface area contributed by atoms with E-state index >= 15 is 0 Å². The first-order valence-corrected chi connectivity index (χ1v) is 10.1. The Morgan fingerprint density at radius 2 is 1.84 bits per heavy atom. The number of hydrogen-bond acceptors (Lipinski definition) is 5. The number of halogens is 1. The smallest absolute Gasteiger partial charge is 0.244 e. The molecule has 134 valence electrons. The summed E-state index contributed by atoms with van der Waals surface area (Å²) in [5.41, 5.74) is 0.732. The molecule has 0 aromatic heterocycles. The van der Waals surface area contributed by atoms with Crippen molar-refractivity contribution >= 4 is 21.8 Å². The molecule has 0 spiro atoms. The second kappa shape index (κ2) is 7.23. The average Bonchev–Trinajstić information content (AvgIpc) is 3.12. The maximum absolute atomic E-state index is 13.1. The number of sulfonamides is 1. The normalized spacial score (nSPS) is 18.3. The highest BCUT2D eigenvalue weighted by Gasteiger charge is 2.38. The molecule has 0 saturated carbocycles. The van der Waals surface area contributed by atoms with Crippen LogP contribution in [-0.2, 0) is 10.0 Å². The fourth-order valence-electron chi connectivity index (χ4n) is 2.72. The zero-order valence-corrected chi connectivity index (χ0v) is 15.4. The lowest BCUT2D eigenvalue weighted by atomic mass is 10.2. The summed E-state index contributed by atoms with van der Waals surface area (Å²) in [6, 6.07) is 10.2. The van der Waals surface area contributed by atoms with Crippen LogP contribution in [0.15, 0.2) is 47.4 Å². The molecule has 0 aliphatic carbocycles. The third kappa shape index (κ3) is 3.47. The van der Waals surface area contributed by atoms with Gasteiger partial charge >= 0.3 is 0 Å². The Morgan fingerprint density at radius 1 is 1.12 bits per heavy atom. The van der Waals surface area contributed by atoms with Crippen LogP contribution < -0.4 is 9.47 Å². The van der Waals surface area contributed by atoms with Crippen LogP contribution in [0.1, 0.15) is 10.9 Å². The highest BCUT2D eigenvalue weighted by Crippen LogP contribution is 2.45. The van der Waals surface area contributed by atoms with E-state index in [1.54, 1.807) is 32.4 Å². The van der Waals surface area contributed by atoms with Gasteiger partial charge in [-0.25, -0.2) is 12.8 Å². The lowest BCUT2D eigenvalue weighted by molar-refractivity contribution is 0.382. The summed E-state index contributed by atoms with van der Waals surface area (Å²) in [5, 5.41) is -0.430. The van der Waals surface area contributed by atoms with E-state index in [-0.39, 0.29) is 4.90 Å². The molecule has 0 bridgehead atoms. The fourth-order valence-corrected chi connectivity index (χ4v) is 5.97. The number of nitrogens with zero attached hydrogens (tertiary/aromatic N) is 1. The standard InChI is InChI=1S/C17H18FNO4S2/c1-22-13-5-8-16(23-2)15(11-13)17-19(9-10-24-17)25(20,21)14-6-3-12(18)4-7-14/h3-8,11,17H,9-10H2,1-2H3/t17-/m1/s1. The van der Waals surface area contributed by atoms with E-state index in [0.29, 0.717) is 23.8 Å². The summed E-state index contributed by atoms with van der Waals surface area (Å²) in [4.78, 5) is 0.0725. The SMILES string of the molecule is COc1ccc(OC)c([C@H]2SCCN2S(=O)(=O)c2ccc(F)cc2)c1. The zero-order chi connectivity index (χ0) is 18.0. The molecule has 8 heteroatoms. The number of rotatable bonds is 5. The van der Waals surface area contributed by atoms with Crippen molar-refractivity contribution in [1.82, 2.24) is 4.31 Å². The maximum atomic E-state index is 13.1. The van der Waals surface area contributed by atoms with Crippen molar-refractivity contribution in [3.63, 3.8) is 0 Å². The summed E-state index contributed by atoms with van der Waals surface area (Å²) in [6.07, 6.45) is 0. The van der Waals surface area contributed by atoms with E-state index in [0.717, 1.165) is 17.7 Å². The fraction of sp³-hybridized carbons (Fsp3) is 0.294. The minimum absolute atomic E-state index is 0.0725. The summed E-state index contributed by atoms with van der Waals surface area (Å²) in [7, 11) is -0.647. The van der Waals surface area contributed by atoms with Gasteiger partial charge in [0.2, 0.25) is 10.0 Å². The summed E-state index contributed by atoms with van der Waals surface area (Å²) in [5.74, 6) is 1.41. The Morgan fingerprint density at radius 3 is 2.48 bits per heavy atom. The summed E-state index contributed by atoms with van der Waals surface area (Å²) < 4.78 is 51.2. The molecule has 1 heterocycles. The van der Waals surface area contributed by atoms with Gasteiger partial charge in [0.1, 0.15) is 17.3 Å². The molecule has 5 nitrogen and oxygen atoms in total. The van der Waals surface area contributed by atoms with Crippen LogP contribution in [-0.4, -0.2) is 39.2 Å². The van der Waals surface area contributed by atoms with Gasteiger partial charge in [-0.05, 0) is 42.5 Å². The Hall–Kier alpha value is -1.77. The predicted molar refractivity (Wildman–Crippen MR) is 95.0 cm³/mol. The van der Waals surface area contributed by atoms with Gasteiger partial charge in [-0.15, -0.1) is 11.8 Å². The lowest BCUT2D eigenvalue weighted by Crippen LogP contribution is -2.30. The molecule has 1 fully saturated rings. The highest BCUT2D eigenvalue weighted by atomic mass is 32.2. The Kier molecular flexibility index (Phi) is 5.21. The van der Waals surface area contributed by atoms with Gasteiger partial charge in [0, 0.05) is 17.9 Å². The van der Waals surface area contributed by atoms with E-state index < -0.39 is 21.2 Å². The minimum Gasteiger partial charge on any atom is -0.497 e. The molecule has 2 aromatic rings. The van der Waals surface area contributed by atoms with E-state index in [4.69, 9.17) is 9.47 Å². The second-order valence-corrected chi connectivity index (χ2v) is 8.48. The Labute approximate surface area is 150 Å². The number of ether oxygens (including phenoxy) is 2. The minimum atomic E-state index is -3.75. The van der Waals surface area contributed by atoms with Crippen molar-refractivity contribution in [2.24, 2.45) is 0 Å². The Bertz CT molecular complexity index is 855. The Balaban J connectivity index is 2.02. The van der Waals surface area contributed by atoms with Crippen LogP contribution in [0.4, 0.5) is 4.39 Å². The molecule has 1 aliphatic rings. The largest absolute Gasteiger partial charge is 0.497 e. The van der Waals surface area contributed by atoms with Gasteiger partial charge in [0.05, 0.1) is 24.5 Å². The van der Waals surface area contributed by atoms with Gasteiger partial charge in [0.25, 0.3) is 0 Å². The topological polar surface area (TPSA) is 55.8 Å². The molecule has 0 N–H and O–H groups in total. The molecular weight excluding hydrogens is 365 g/mol. The van der Waals surface area contributed by atoms with Crippen molar-refractivity contribution in [1.29, 1.82) is 0 Å². The summed E-state index contributed by atoms with van der Waals surface area (Å²) >= 11 is 1.51. The zero-order valence-electron chi connectivity index (χ0n) is 13.8. The second-order valence-electron chi connectivity index (χ2n) is 5.40. The molecule has 0 radical (unpaired) electrons. The maximum Gasteiger partial charge on any atom is 0.244 e. The van der Waals surface area contributed by atoms with Crippen LogP contribution in [0.25, 0.3) is 0 Å². The molecule has 25 heavy (non-hydrogen) atoms. The monoisotopic (exact) mass is 383 g/mol.